The first-order valence-corrected chi connectivity index (χ1v) is 12.8. The summed E-state index contributed by atoms with van der Waals surface area (Å²) >= 11 is 0. The molecule has 1 aromatic heterocycles. The van der Waals surface area contributed by atoms with Crippen LogP contribution in [0.1, 0.15) is 46.6 Å². The highest BCUT2D eigenvalue weighted by Gasteiger charge is 2.53. The first-order chi connectivity index (χ1) is 18.5. The molecule has 38 heavy (non-hydrogen) atoms. The van der Waals surface area contributed by atoms with Gasteiger partial charge in [0.1, 0.15) is 17.8 Å². The second-order valence-corrected chi connectivity index (χ2v) is 9.63. The van der Waals surface area contributed by atoms with E-state index in [1.807, 2.05) is 55.5 Å². The summed E-state index contributed by atoms with van der Waals surface area (Å²) in [5.41, 5.74) is 4.70. The Morgan fingerprint density at radius 2 is 1.84 bits per heavy atom. The number of nitrogens with zero attached hydrogens (tertiary/aromatic N) is 2. The van der Waals surface area contributed by atoms with Crippen LogP contribution in [0.25, 0.3) is 10.9 Å². The van der Waals surface area contributed by atoms with Crippen molar-refractivity contribution >= 4 is 34.4 Å². The molecule has 0 spiro atoms. The van der Waals surface area contributed by atoms with E-state index >= 15 is 0 Å². The van der Waals surface area contributed by atoms with Crippen molar-refractivity contribution in [1.82, 2.24) is 15.2 Å². The van der Waals surface area contributed by atoms with Gasteiger partial charge in [0.25, 0.3) is 11.8 Å². The molecule has 0 aliphatic carbocycles. The van der Waals surface area contributed by atoms with Crippen molar-refractivity contribution < 1.29 is 19.1 Å². The largest absolute Gasteiger partial charge is 0.497 e. The number of ether oxygens (including phenoxy) is 1. The highest BCUT2D eigenvalue weighted by molar-refractivity contribution is 6.22. The fourth-order valence-corrected chi connectivity index (χ4v) is 5.57. The van der Waals surface area contributed by atoms with Gasteiger partial charge in [-0.05, 0) is 60.0 Å². The Bertz CT molecular complexity index is 1560. The Kier molecular flexibility index (Phi) is 5.87. The Morgan fingerprint density at radius 3 is 2.61 bits per heavy atom. The lowest BCUT2D eigenvalue weighted by Gasteiger charge is -2.36. The molecular formula is C30H28N4O4. The lowest BCUT2D eigenvalue weighted by atomic mass is 9.89. The number of imide groups is 1. The van der Waals surface area contributed by atoms with Crippen LogP contribution in [0, 0.1) is 0 Å². The van der Waals surface area contributed by atoms with Crippen molar-refractivity contribution in [3.8, 4) is 5.75 Å². The monoisotopic (exact) mass is 508 g/mol. The van der Waals surface area contributed by atoms with Gasteiger partial charge in [-0.3, -0.25) is 14.5 Å². The van der Waals surface area contributed by atoms with Gasteiger partial charge in [0, 0.05) is 35.1 Å². The normalized spacial score (nSPS) is 18.5. The zero-order valence-corrected chi connectivity index (χ0v) is 21.2. The maximum atomic E-state index is 14.0. The maximum Gasteiger partial charge on any atom is 0.332 e. The summed E-state index contributed by atoms with van der Waals surface area (Å²) in [6, 6.07) is 20.7. The van der Waals surface area contributed by atoms with Crippen LogP contribution >= 0.6 is 0 Å². The highest BCUT2D eigenvalue weighted by atomic mass is 16.5. The zero-order chi connectivity index (χ0) is 26.4. The molecule has 0 saturated carbocycles. The topological polar surface area (TPSA) is 94.7 Å². The molecule has 3 heterocycles. The Labute approximate surface area is 220 Å². The molecule has 8 heteroatoms. The lowest BCUT2D eigenvalue weighted by Crippen LogP contribution is -2.44. The second-order valence-electron chi connectivity index (χ2n) is 9.63. The Balaban J connectivity index is 1.42. The molecule has 4 amide bonds. The van der Waals surface area contributed by atoms with E-state index in [9.17, 15) is 14.4 Å². The number of carbonyl (C=O) groups is 3. The van der Waals surface area contributed by atoms with Crippen molar-refractivity contribution in [3.05, 3.63) is 95.2 Å². The predicted molar refractivity (Wildman–Crippen MR) is 144 cm³/mol. The van der Waals surface area contributed by atoms with E-state index in [4.69, 9.17) is 4.74 Å². The van der Waals surface area contributed by atoms with Crippen LogP contribution in [0.3, 0.4) is 0 Å². The lowest BCUT2D eigenvalue weighted by molar-refractivity contribution is -0.120. The molecule has 1 fully saturated rings. The number of aromatic nitrogens is 1. The molecule has 3 aromatic carbocycles. The number of hydrogen-bond acceptors (Lipinski definition) is 4. The maximum absolute atomic E-state index is 14.0. The van der Waals surface area contributed by atoms with Crippen LogP contribution < -0.4 is 15.0 Å². The van der Waals surface area contributed by atoms with E-state index < -0.39 is 12.1 Å². The summed E-state index contributed by atoms with van der Waals surface area (Å²) in [5.74, 6) is 0.217. The number of methoxy groups -OCH3 is 1. The van der Waals surface area contributed by atoms with Crippen molar-refractivity contribution in [2.24, 2.45) is 0 Å². The summed E-state index contributed by atoms with van der Waals surface area (Å²) in [4.78, 5) is 46.6. The quantitative estimate of drug-likeness (QED) is 0.366. The van der Waals surface area contributed by atoms with E-state index in [0.717, 1.165) is 34.1 Å². The van der Waals surface area contributed by atoms with E-state index in [-0.39, 0.29) is 17.8 Å². The van der Waals surface area contributed by atoms with Crippen LogP contribution in [0.15, 0.2) is 72.8 Å². The van der Waals surface area contributed by atoms with Crippen LogP contribution in [-0.4, -0.2) is 47.4 Å². The number of urea groups is 1. The number of anilines is 1. The fourth-order valence-electron chi connectivity index (χ4n) is 5.57. The molecule has 4 aromatic rings. The molecule has 2 aliphatic heterocycles. The zero-order valence-electron chi connectivity index (χ0n) is 21.2. The standard InChI is InChI=1S/C30H28N4O4/c1-3-15-31-28(35)18-11-13-20(14-12-18)33-29(36)25-17-23-22-9-4-5-10-24(22)32-26(23)27(34(25)30(33)37)19-7-6-8-21(16-19)38-2/h4-14,16,25,27,32H,3,15,17H2,1-2H3,(H,31,35)/t25-,27?/m0/s1. The van der Waals surface area contributed by atoms with Crippen molar-refractivity contribution in [3.63, 3.8) is 0 Å². The Hall–Kier alpha value is -4.59. The number of benzene rings is 3. The smallest absolute Gasteiger partial charge is 0.332 e. The van der Waals surface area contributed by atoms with Crippen molar-refractivity contribution in [1.29, 1.82) is 0 Å². The van der Waals surface area contributed by atoms with Gasteiger partial charge < -0.3 is 15.0 Å². The SMILES string of the molecule is CCCNC(=O)c1ccc(N2C(=O)[C@@H]3Cc4c([nH]c5ccccc45)C(c4cccc(OC)c4)N3C2=O)cc1. The van der Waals surface area contributed by atoms with Crippen molar-refractivity contribution in [2.75, 3.05) is 18.6 Å². The number of carbonyl (C=O) groups excluding carboxylic acids is 3. The number of hydrogen-bond donors (Lipinski definition) is 2. The van der Waals surface area contributed by atoms with E-state index in [1.54, 1.807) is 36.3 Å². The number of H-pyrrole nitrogens is 1. The number of para-hydroxylation sites is 1. The average Bonchev–Trinajstić information content (AvgIpc) is 3.44. The molecule has 192 valence electrons. The summed E-state index contributed by atoms with van der Waals surface area (Å²) in [5, 5.41) is 3.89. The summed E-state index contributed by atoms with van der Waals surface area (Å²) in [6.45, 7) is 2.57. The summed E-state index contributed by atoms with van der Waals surface area (Å²) in [6.07, 6.45) is 1.25. The van der Waals surface area contributed by atoms with Gasteiger partial charge in [0.15, 0.2) is 0 Å². The third-order valence-corrected chi connectivity index (χ3v) is 7.38. The first kappa shape index (κ1) is 23.8. The molecule has 8 nitrogen and oxygen atoms in total. The molecule has 2 aliphatic rings. The minimum absolute atomic E-state index is 0.182. The Morgan fingerprint density at radius 1 is 1.05 bits per heavy atom. The first-order valence-electron chi connectivity index (χ1n) is 12.8. The molecule has 0 bridgehead atoms. The molecule has 6 rings (SSSR count). The van der Waals surface area contributed by atoms with Gasteiger partial charge in [-0.2, -0.15) is 0 Å². The molecule has 1 saturated heterocycles. The number of rotatable bonds is 6. The molecule has 1 unspecified atom stereocenters. The number of nitrogens with one attached hydrogen (secondary N) is 2. The number of aromatic amines is 1. The number of fused-ring (bicyclic) bond motifs is 4. The predicted octanol–water partition coefficient (Wildman–Crippen LogP) is 4.80. The van der Waals surface area contributed by atoms with E-state index in [0.29, 0.717) is 30.0 Å². The number of amides is 4. The van der Waals surface area contributed by atoms with Gasteiger partial charge in [0.05, 0.1) is 12.8 Å². The third kappa shape index (κ3) is 3.72. The summed E-state index contributed by atoms with van der Waals surface area (Å²) < 4.78 is 5.47. The molecular weight excluding hydrogens is 480 g/mol. The van der Waals surface area contributed by atoms with Crippen LogP contribution in [-0.2, 0) is 11.2 Å². The summed E-state index contributed by atoms with van der Waals surface area (Å²) in [7, 11) is 1.61. The van der Waals surface area contributed by atoms with Gasteiger partial charge in [-0.15, -0.1) is 0 Å². The molecule has 0 radical (unpaired) electrons. The van der Waals surface area contributed by atoms with Crippen LogP contribution in [0.4, 0.5) is 10.5 Å². The minimum Gasteiger partial charge on any atom is -0.497 e. The molecule has 2 atom stereocenters. The second kappa shape index (κ2) is 9.37. The van der Waals surface area contributed by atoms with Crippen LogP contribution in [0.5, 0.6) is 5.75 Å². The van der Waals surface area contributed by atoms with Gasteiger partial charge >= 0.3 is 6.03 Å². The van der Waals surface area contributed by atoms with E-state index in [1.165, 1.54) is 4.90 Å². The average molecular weight is 509 g/mol. The van der Waals surface area contributed by atoms with Gasteiger partial charge in [0.2, 0.25) is 0 Å². The van der Waals surface area contributed by atoms with Gasteiger partial charge in [-0.1, -0.05) is 37.3 Å². The third-order valence-electron chi connectivity index (χ3n) is 7.38. The van der Waals surface area contributed by atoms with Gasteiger partial charge in [-0.25, -0.2) is 9.69 Å². The minimum atomic E-state index is -0.655. The fraction of sp³-hybridized carbons (Fsp3) is 0.233. The van der Waals surface area contributed by atoms with Crippen molar-refractivity contribution in [2.45, 2.75) is 31.8 Å². The van der Waals surface area contributed by atoms with Crippen LogP contribution in [0.2, 0.25) is 0 Å². The van der Waals surface area contributed by atoms with E-state index in [2.05, 4.69) is 10.3 Å². The highest BCUT2D eigenvalue weighted by Crippen LogP contribution is 2.45. The molecule has 2 N–H and O–H groups in total.